The third kappa shape index (κ3) is 2.11. The van der Waals surface area contributed by atoms with Crippen LogP contribution in [0.5, 0.6) is 0 Å². The van der Waals surface area contributed by atoms with Crippen LogP contribution in [0.4, 0.5) is 5.82 Å². The van der Waals surface area contributed by atoms with Crippen molar-refractivity contribution in [1.29, 1.82) is 0 Å². The maximum Gasteiger partial charge on any atom is 0.254 e. The first-order valence-electron chi connectivity index (χ1n) is 6.91. The van der Waals surface area contributed by atoms with E-state index in [2.05, 4.69) is 15.3 Å². The van der Waals surface area contributed by atoms with Crippen molar-refractivity contribution in [2.75, 3.05) is 5.73 Å². The Morgan fingerprint density at radius 2 is 2.05 bits per heavy atom. The molecule has 2 aromatic heterocycles. The summed E-state index contributed by atoms with van der Waals surface area (Å²) in [5, 5.41) is 12.3. The van der Waals surface area contributed by atoms with Crippen molar-refractivity contribution in [2.24, 2.45) is 5.73 Å². The molecule has 0 unspecified atom stereocenters. The first-order valence-corrected chi connectivity index (χ1v) is 6.91. The van der Waals surface area contributed by atoms with E-state index in [9.17, 15) is 4.79 Å². The number of nitrogens with two attached hydrogens (primary N) is 2. The van der Waals surface area contributed by atoms with Crippen molar-refractivity contribution in [3.05, 3.63) is 35.7 Å². The average Bonchev–Trinajstić information content (AvgIpc) is 3.00. The number of carbonyl (C=O) groups excluding carboxylic acids is 1. The Bertz CT molecular complexity index is 868. The molecular weight excluding hydrogens is 280 g/mol. The Morgan fingerprint density at radius 3 is 2.64 bits per heavy atom. The van der Waals surface area contributed by atoms with Crippen molar-refractivity contribution >= 4 is 22.6 Å². The Hall–Kier alpha value is -2.83. The SMILES string of the molecule is CC(C)(C)c1nn(-c2ccc3[nH]ncc3c2)c(N)c1C(N)=O. The smallest absolute Gasteiger partial charge is 0.254 e. The van der Waals surface area contributed by atoms with Gasteiger partial charge in [0, 0.05) is 10.8 Å². The number of rotatable bonds is 2. The molecule has 3 rings (SSSR count). The van der Waals surface area contributed by atoms with Gasteiger partial charge in [-0.05, 0) is 18.2 Å². The van der Waals surface area contributed by atoms with Crippen LogP contribution in [-0.2, 0) is 5.41 Å². The highest BCUT2D eigenvalue weighted by molar-refractivity contribution is 5.99. The predicted molar refractivity (Wildman–Crippen MR) is 84.8 cm³/mol. The molecule has 0 atom stereocenters. The Balaban J connectivity index is 2.24. The van der Waals surface area contributed by atoms with Crippen LogP contribution < -0.4 is 11.5 Å². The van der Waals surface area contributed by atoms with E-state index in [0.717, 1.165) is 16.6 Å². The molecule has 1 amide bonds. The minimum atomic E-state index is -0.571. The van der Waals surface area contributed by atoms with Crippen molar-refractivity contribution in [1.82, 2.24) is 20.0 Å². The molecule has 114 valence electrons. The lowest BCUT2D eigenvalue weighted by Gasteiger charge is -2.16. The molecule has 0 saturated carbocycles. The van der Waals surface area contributed by atoms with Crippen molar-refractivity contribution < 1.29 is 4.79 Å². The van der Waals surface area contributed by atoms with Gasteiger partial charge in [-0.3, -0.25) is 9.89 Å². The van der Waals surface area contributed by atoms with Crippen LogP contribution in [0.3, 0.4) is 0 Å². The fourth-order valence-electron chi connectivity index (χ4n) is 2.46. The van der Waals surface area contributed by atoms with Crippen LogP contribution >= 0.6 is 0 Å². The first kappa shape index (κ1) is 14.1. The molecule has 0 radical (unpaired) electrons. The van der Waals surface area contributed by atoms with Crippen molar-refractivity contribution in [2.45, 2.75) is 26.2 Å². The minimum Gasteiger partial charge on any atom is -0.383 e. The summed E-state index contributed by atoms with van der Waals surface area (Å²) in [6.45, 7) is 5.89. The van der Waals surface area contributed by atoms with Gasteiger partial charge in [0.2, 0.25) is 0 Å². The molecular formula is C15H18N6O. The van der Waals surface area contributed by atoms with Gasteiger partial charge in [0.25, 0.3) is 5.91 Å². The quantitative estimate of drug-likeness (QED) is 0.668. The second-order valence-corrected chi connectivity index (χ2v) is 6.28. The zero-order valence-corrected chi connectivity index (χ0v) is 12.7. The molecule has 1 aromatic carbocycles. The Morgan fingerprint density at radius 1 is 1.32 bits per heavy atom. The van der Waals surface area contributed by atoms with Gasteiger partial charge in [-0.25, -0.2) is 4.68 Å². The number of primary amides is 1. The third-order valence-electron chi connectivity index (χ3n) is 3.55. The van der Waals surface area contributed by atoms with E-state index in [1.54, 1.807) is 10.9 Å². The van der Waals surface area contributed by atoms with Gasteiger partial charge in [0.15, 0.2) is 0 Å². The van der Waals surface area contributed by atoms with Crippen LogP contribution in [0.25, 0.3) is 16.6 Å². The van der Waals surface area contributed by atoms with E-state index < -0.39 is 5.91 Å². The van der Waals surface area contributed by atoms with Crippen molar-refractivity contribution in [3.63, 3.8) is 0 Å². The number of aromatic nitrogens is 4. The zero-order valence-electron chi connectivity index (χ0n) is 12.7. The molecule has 0 fully saturated rings. The molecule has 7 heteroatoms. The fraction of sp³-hybridized carbons (Fsp3) is 0.267. The first-order chi connectivity index (χ1) is 10.3. The van der Waals surface area contributed by atoms with Crippen LogP contribution in [0, 0.1) is 0 Å². The van der Waals surface area contributed by atoms with Crippen LogP contribution in [0.2, 0.25) is 0 Å². The second kappa shape index (κ2) is 4.59. The number of aromatic amines is 1. The molecule has 22 heavy (non-hydrogen) atoms. The highest BCUT2D eigenvalue weighted by atomic mass is 16.1. The van der Waals surface area contributed by atoms with Gasteiger partial charge in [-0.2, -0.15) is 10.2 Å². The largest absolute Gasteiger partial charge is 0.383 e. The molecule has 0 spiro atoms. The van der Waals surface area contributed by atoms with Gasteiger partial charge >= 0.3 is 0 Å². The molecule has 0 aliphatic carbocycles. The number of benzene rings is 1. The summed E-state index contributed by atoms with van der Waals surface area (Å²) < 4.78 is 1.55. The lowest BCUT2D eigenvalue weighted by atomic mass is 9.89. The Labute approximate surface area is 127 Å². The third-order valence-corrected chi connectivity index (χ3v) is 3.55. The number of H-pyrrole nitrogens is 1. The van der Waals surface area contributed by atoms with E-state index in [4.69, 9.17) is 11.5 Å². The number of fused-ring (bicyclic) bond motifs is 1. The summed E-state index contributed by atoms with van der Waals surface area (Å²) in [4.78, 5) is 11.8. The molecule has 7 nitrogen and oxygen atoms in total. The number of hydrogen-bond donors (Lipinski definition) is 3. The van der Waals surface area contributed by atoms with E-state index in [0.29, 0.717) is 5.69 Å². The molecule has 5 N–H and O–H groups in total. The summed E-state index contributed by atoms with van der Waals surface area (Å²) in [5.74, 6) is -0.321. The highest BCUT2D eigenvalue weighted by Crippen LogP contribution is 2.30. The van der Waals surface area contributed by atoms with Gasteiger partial charge in [0.1, 0.15) is 11.4 Å². The van der Waals surface area contributed by atoms with Crippen LogP contribution in [-0.4, -0.2) is 25.9 Å². The monoisotopic (exact) mass is 298 g/mol. The van der Waals surface area contributed by atoms with Crippen molar-refractivity contribution in [3.8, 4) is 5.69 Å². The number of hydrogen-bond acceptors (Lipinski definition) is 4. The lowest BCUT2D eigenvalue weighted by molar-refractivity contribution is 0.0999. The molecule has 2 heterocycles. The van der Waals surface area contributed by atoms with Gasteiger partial charge in [0.05, 0.1) is 23.1 Å². The summed E-state index contributed by atoms with van der Waals surface area (Å²) in [5.41, 5.74) is 13.8. The number of carbonyl (C=O) groups is 1. The van der Waals surface area contributed by atoms with Gasteiger partial charge in [-0.1, -0.05) is 20.8 Å². The van der Waals surface area contributed by atoms with E-state index >= 15 is 0 Å². The maximum absolute atomic E-state index is 11.8. The highest BCUT2D eigenvalue weighted by Gasteiger charge is 2.29. The molecule has 0 aliphatic heterocycles. The normalized spacial score (nSPS) is 12.0. The van der Waals surface area contributed by atoms with Gasteiger partial charge in [-0.15, -0.1) is 0 Å². The predicted octanol–water partition coefficient (Wildman–Crippen LogP) is 1.73. The molecule has 3 aromatic rings. The summed E-state index contributed by atoms with van der Waals surface area (Å²) >= 11 is 0. The van der Waals surface area contributed by atoms with E-state index in [-0.39, 0.29) is 16.8 Å². The number of nitrogen functional groups attached to an aromatic ring is 1. The van der Waals surface area contributed by atoms with Crippen LogP contribution in [0.15, 0.2) is 24.4 Å². The maximum atomic E-state index is 11.8. The summed E-state index contributed by atoms with van der Waals surface area (Å²) in [6, 6.07) is 5.65. The second-order valence-electron chi connectivity index (χ2n) is 6.28. The molecule has 0 bridgehead atoms. The van der Waals surface area contributed by atoms with E-state index in [1.165, 1.54) is 0 Å². The number of nitrogens with zero attached hydrogens (tertiary/aromatic N) is 3. The lowest BCUT2D eigenvalue weighted by Crippen LogP contribution is -2.21. The number of anilines is 1. The minimum absolute atomic E-state index is 0.250. The fourth-order valence-corrected chi connectivity index (χ4v) is 2.46. The molecule has 0 aliphatic rings. The van der Waals surface area contributed by atoms with Crippen LogP contribution in [0.1, 0.15) is 36.8 Å². The number of nitrogens with one attached hydrogen (secondary N) is 1. The zero-order chi connectivity index (χ0) is 16.1. The average molecular weight is 298 g/mol. The Kier molecular flexibility index (Phi) is 2.94. The summed E-state index contributed by atoms with van der Waals surface area (Å²) in [6.07, 6.45) is 1.72. The summed E-state index contributed by atoms with van der Waals surface area (Å²) in [7, 11) is 0. The number of amides is 1. The van der Waals surface area contributed by atoms with Gasteiger partial charge < -0.3 is 11.5 Å². The standard InChI is InChI=1S/C15H18N6O/c1-15(2,3)12-11(14(17)22)13(16)21(20-12)9-4-5-10-8(6-9)7-18-19-10/h4-7H,16H2,1-3H3,(H2,17,22)(H,18,19). The molecule has 0 saturated heterocycles. The topological polar surface area (TPSA) is 116 Å². The van der Waals surface area contributed by atoms with E-state index in [1.807, 2.05) is 39.0 Å².